The minimum atomic E-state index is -3.01. The zero-order valence-corrected chi connectivity index (χ0v) is 16.4. The number of benzene rings is 2. The lowest BCUT2D eigenvalue weighted by Gasteiger charge is -2.35. The van der Waals surface area contributed by atoms with Crippen molar-refractivity contribution in [2.45, 2.75) is 13.2 Å². The third kappa shape index (κ3) is 5.42. The molecule has 0 spiro atoms. The highest BCUT2D eigenvalue weighted by molar-refractivity contribution is 5.97. The average molecular weight is 426 g/mol. The molecule has 6 nitrogen and oxygen atoms in total. The van der Waals surface area contributed by atoms with Crippen LogP contribution in [0.1, 0.15) is 26.3 Å². The van der Waals surface area contributed by atoms with Gasteiger partial charge in [0.05, 0.1) is 5.56 Å². The summed E-state index contributed by atoms with van der Waals surface area (Å²) >= 11 is 0. The number of carbonyl (C=O) groups excluding carboxylic acids is 2. The highest BCUT2D eigenvalue weighted by Crippen LogP contribution is 2.22. The number of hydrogen-bond acceptors (Lipinski definition) is 4. The smallest absolute Gasteiger partial charge is 0.387 e. The number of alkyl halides is 2. The molecule has 1 heterocycles. The van der Waals surface area contributed by atoms with E-state index in [1.165, 1.54) is 23.1 Å². The van der Waals surface area contributed by atoms with E-state index in [0.717, 1.165) is 5.56 Å². The SMILES string of the molecule is Cl.NCc1ccc(C(=O)N2CCN(C(=O)c3ccccc3OC(F)F)CC2)cc1. The topological polar surface area (TPSA) is 75.9 Å². The Labute approximate surface area is 173 Å². The fourth-order valence-corrected chi connectivity index (χ4v) is 3.09. The van der Waals surface area contributed by atoms with Gasteiger partial charge in [0.25, 0.3) is 11.8 Å². The molecular formula is C20H22ClF2N3O3. The third-order valence-electron chi connectivity index (χ3n) is 4.62. The standard InChI is InChI=1S/C20H21F2N3O3.ClH/c21-20(22)28-17-4-2-1-3-16(17)19(27)25-11-9-24(10-12-25)18(26)15-7-5-14(13-23)6-8-15;/h1-8,20H,9-13,23H2;1H. The van der Waals surface area contributed by atoms with Gasteiger partial charge in [0.15, 0.2) is 0 Å². The molecule has 2 aromatic carbocycles. The number of hydrogen-bond donors (Lipinski definition) is 1. The summed E-state index contributed by atoms with van der Waals surface area (Å²) in [6, 6.07) is 13.0. The Bertz CT molecular complexity index is 841. The van der Waals surface area contributed by atoms with Crippen molar-refractivity contribution in [3.8, 4) is 5.75 Å². The van der Waals surface area contributed by atoms with Crippen LogP contribution in [0.2, 0.25) is 0 Å². The van der Waals surface area contributed by atoms with Gasteiger partial charge in [-0.3, -0.25) is 9.59 Å². The van der Waals surface area contributed by atoms with Crippen molar-refractivity contribution in [3.05, 3.63) is 65.2 Å². The van der Waals surface area contributed by atoms with Crippen molar-refractivity contribution < 1.29 is 23.1 Å². The molecule has 0 unspecified atom stereocenters. The second-order valence-corrected chi connectivity index (χ2v) is 6.36. The number of ether oxygens (including phenoxy) is 1. The zero-order chi connectivity index (χ0) is 20.1. The van der Waals surface area contributed by atoms with Crippen molar-refractivity contribution in [2.24, 2.45) is 5.73 Å². The van der Waals surface area contributed by atoms with Crippen molar-refractivity contribution in [3.63, 3.8) is 0 Å². The molecule has 2 N–H and O–H groups in total. The molecule has 0 atom stereocenters. The number of para-hydroxylation sites is 1. The third-order valence-corrected chi connectivity index (χ3v) is 4.62. The van der Waals surface area contributed by atoms with E-state index in [1.807, 2.05) is 12.1 Å². The molecule has 1 aliphatic rings. The highest BCUT2D eigenvalue weighted by atomic mass is 35.5. The summed E-state index contributed by atoms with van der Waals surface area (Å²) in [6.07, 6.45) is 0. The second kappa shape index (κ2) is 10.2. The first-order chi connectivity index (χ1) is 13.5. The van der Waals surface area contributed by atoms with Gasteiger partial charge < -0.3 is 20.3 Å². The number of piperazine rings is 1. The van der Waals surface area contributed by atoms with Crippen LogP contribution in [0.15, 0.2) is 48.5 Å². The van der Waals surface area contributed by atoms with E-state index in [0.29, 0.717) is 38.3 Å². The molecule has 0 radical (unpaired) electrons. The summed E-state index contributed by atoms with van der Waals surface area (Å²) in [6.45, 7) is -1.24. The van der Waals surface area contributed by atoms with Crippen LogP contribution in [0.4, 0.5) is 8.78 Å². The largest absolute Gasteiger partial charge is 0.434 e. The normalized spacial score (nSPS) is 13.8. The molecule has 1 fully saturated rings. The molecule has 156 valence electrons. The Hall–Kier alpha value is -2.71. The first-order valence-electron chi connectivity index (χ1n) is 8.91. The van der Waals surface area contributed by atoms with Crippen LogP contribution in [0.25, 0.3) is 0 Å². The molecule has 1 aliphatic heterocycles. The van der Waals surface area contributed by atoms with Crippen LogP contribution in [0.3, 0.4) is 0 Å². The maximum Gasteiger partial charge on any atom is 0.387 e. The van der Waals surface area contributed by atoms with Crippen molar-refractivity contribution in [1.29, 1.82) is 0 Å². The lowest BCUT2D eigenvalue weighted by Crippen LogP contribution is -2.50. The van der Waals surface area contributed by atoms with Crippen LogP contribution < -0.4 is 10.5 Å². The van der Waals surface area contributed by atoms with Gasteiger partial charge in [-0.15, -0.1) is 12.4 Å². The maximum atomic E-state index is 12.7. The Morgan fingerprint density at radius 2 is 1.48 bits per heavy atom. The van der Waals surface area contributed by atoms with Gasteiger partial charge in [-0.05, 0) is 29.8 Å². The van der Waals surface area contributed by atoms with E-state index >= 15 is 0 Å². The Morgan fingerprint density at radius 3 is 2.03 bits per heavy atom. The summed E-state index contributed by atoms with van der Waals surface area (Å²) in [5.74, 6) is -0.659. The Morgan fingerprint density at radius 1 is 0.931 bits per heavy atom. The first kappa shape index (κ1) is 22.6. The maximum absolute atomic E-state index is 12.7. The summed E-state index contributed by atoms with van der Waals surface area (Å²) in [4.78, 5) is 28.5. The van der Waals surface area contributed by atoms with E-state index < -0.39 is 12.5 Å². The molecule has 29 heavy (non-hydrogen) atoms. The van der Waals surface area contributed by atoms with E-state index in [1.54, 1.807) is 23.1 Å². The molecule has 1 saturated heterocycles. The molecule has 0 aliphatic carbocycles. The van der Waals surface area contributed by atoms with Crippen molar-refractivity contribution in [2.75, 3.05) is 26.2 Å². The lowest BCUT2D eigenvalue weighted by atomic mass is 10.1. The lowest BCUT2D eigenvalue weighted by molar-refractivity contribution is -0.0503. The van der Waals surface area contributed by atoms with Gasteiger partial charge in [-0.1, -0.05) is 24.3 Å². The van der Waals surface area contributed by atoms with Crippen LogP contribution in [-0.4, -0.2) is 54.4 Å². The number of nitrogens with two attached hydrogens (primary N) is 1. The monoisotopic (exact) mass is 425 g/mol. The Kier molecular flexibility index (Phi) is 7.92. The number of carbonyl (C=O) groups is 2. The molecule has 2 aromatic rings. The van der Waals surface area contributed by atoms with Crippen molar-refractivity contribution >= 4 is 24.2 Å². The van der Waals surface area contributed by atoms with E-state index in [4.69, 9.17) is 5.73 Å². The van der Waals surface area contributed by atoms with Crippen molar-refractivity contribution in [1.82, 2.24) is 9.80 Å². The minimum Gasteiger partial charge on any atom is -0.434 e. The van der Waals surface area contributed by atoms with Gasteiger partial charge in [-0.25, -0.2) is 0 Å². The second-order valence-electron chi connectivity index (χ2n) is 6.36. The molecule has 3 rings (SSSR count). The zero-order valence-electron chi connectivity index (χ0n) is 15.6. The minimum absolute atomic E-state index is 0. The summed E-state index contributed by atoms with van der Waals surface area (Å²) in [5.41, 5.74) is 7.15. The summed E-state index contributed by atoms with van der Waals surface area (Å²) in [7, 11) is 0. The van der Waals surface area contributed by atoms with Gasteiger partial charge in [-0.2, -0.15) is 8.78 Å². The number of halogens is 3. The van der Waals surface area contributed by atoms with Crippen LogP contribution in [0.5, 0.6) is 5.75 Å². The molecule has 0 saturated carbocycles. The molecular weight excluding hydrogens is 404 g/mol. The Balaban J connectivity index is 0.00000300. The van der Waals surface area contributed by atoms with Gasteiger partial charge >= 0.3 is 6.61 Å². The molecule has 2 amide bonds. The summed E-state index contributed by atoms with van der Waals surface area (Å²) in [5, 5.41) is 0. The van der Waals surface area contributed by atoms with Crippen LogP contribution >= 0.6 is 12.4 Å². The highest BCUT2D eigenvalue weighted by Gasteiger charge is 2.27. The molecule has 0 aromatic heterocycles. The number of rotatable bonds is 5. The van der Waals surface area contributed by atoms with E-state index in [2.05, 4.69) is 4.74 Å². The number of amides is 2. The van der Waals surface area contributed by atoms with E-state index in [-0.39, 0.29) is 29.6 Å². The van der Waals surface area contributed by atoms with Gasteiger partial charge in [0.2, 0.25) is 0 Å². The summed E-state index contributed by atoms with van der Waals surface area (Å²) < 4.78 is 29.6. The van der Waals surface area contributed by atoms with Gasteiger partial charge in [0, 0.05) is 38.3 Å². The molecule has 0 bridgehead atoms. The predicted molar refractivity (Wildman–Crippen MR) is 106 cm³/mol. The number of nitrogens with zero attached hydrogens (tertiary/aromatic N) is 2. The van der Waals surface area contributed by atoms with Crippen LogP contribution in [0, 0.1) is 0 Å². The first-order valence-corrected chi connectivity index (χ1v) is 8.91. The van der Waals surface area contributed by atoms with Crippen LogP contribution in [-0.2, 0) is 6.54 Å². The average Bonchev–Trinajstić information content (AvgIpc) is 2.73. The fraction of sp³-hybridized carbons (Fsp3) is 0.300. The van der Waals surface area contributed by atoms with Gasteiger partial charge in [0.1, 0.15) is 5.75 Å². The molecule has 9 heteroatoms. The quantitative estimate of drug-likeness (QED) is 0.799. The fourth-order valence-electron chi connectivity index (χ4n) is 3.09. The van der Waals surface area contributed by atoms with E-state index in [9.17, 15) is 18.4 Å². The predicted octanol–water partition coefficient (Wildman–Crippen LogP) is 2.77.